The zero-order chi connectivity index (χ0) is 22.4. The number of tetrazole rings is 1. The second-order valence-electron chi connectivity index (χ2n) is 8.97. The smallest absolute Gasteiger partial charge is 0.254 e. The SMILES string of the molecule is Cc1ccc2[nH]c(=O)c([C@@H](c3nnnn3C[C@H]3CCCO3)N3CCc4ccccc43)cc2c1. The van der Waals surface area contributed by atoms with Crippen molar-refractivity contribution in [3.8, 4) is 0 Å². The number of anilines is 1. The number of H-pyrrole nitrogens is 1. The summed E-state index contributed by atoms with van der Waals surface area (Å²) < 4.78 is 7.67. The Kier molecular flexibility index (Phi) is 4.95. The fourth-order valence-electron chi connectivity index (χ4n) is 5.14. The molecule has 4 heterocycles. The number of fused-ring (bicyclic) bond motifs is 2. The van der Waals surface area contributed by atoms with Crippen molar-refractivity contribution in [3.05, 3.63) is 81.4 Å². The highest BCUT2D eigenvalue weighted by molar-refractivity contribution is 5.80. The van der Waals surface area contributed by atoms with E-state index < -0.39 is 6.04 Å². The first-order valence-corrected chi connectivity index (χ1v) is 11.5. The van der Waals surface area contributed by atoms with Crippen molar-refractivity contribution >= 4 is 16.6 Å². The first-order valence-electron chi connectivity index (χ1n) is 11.5. The van der Waals surface area contributed by atoms with E-state index in [9.17, 15) is 4.79 Å². The summed E-state index contributed by atoms with van der Waals surface area (Å²) in [5.74, 6) is 0.666. The Bertz CT molecular complexity index is 1370. The van der Waals surface area contributed by atoms with Gasteiger partial charge in [0, 0.05) is 29.9 Å². The molecule has 8 heteroatoms. The lowest BCUT2D eigenvalue weighted by Gasteiger charge is -2.29. The van der Waals surface area contributed by atoms with Gasteiger partial charge in [0.2, 0.25) is 0 Å². The van der Waals surface area contributed by atoms with Gasteiger partial charge in [-0.2, -0.15) is 0 Å². The van der Waals surface area contributed by atoms with Gasteiger partial charge in [-0.1, -0.05) is 29.8 Å². The van der Waals surface area contributed by atoms with Crippen LogP contribution in [0.1, 0.15) is 41.4 Å². The molecule has 6 rings (SSSR count). The van der Waals surface area contributed by atoms with Crippen LogP contribution in [-0.4, -0.2) is 44.4 Å². The van der Waals surface area contributed by atoms with Crippen LogP contribution in [0.15, 0.2) is 53.3 Å². The van der Waals surface area contributed by atoms with Crippen LogP contribution in [0, 0.1) is 6.92 Å². The maximum absolute atomic E-state index is 13.4. The molecule has 2 aromatic heterocycles. The van der Waals surface area contributed by atoms with Crippen LogP contribution < -0.4 is 10.5 Å². The lowest BCUT2D eigenvalue weighted by molar-refractivity contribution is 0.0924. The largest absolute Gasteiger partial charge is 0.376 e. The molecule has 8 nitrogen and oxygen atoms in total. The van der Waals surface area contributed by atoms with Crippen molar-refractivity contribution in [2.45, 2.75) is 44.9 Å². The number of aromatic amines is 1. The van der Waals surface area contributed by atoms with Crippen LogP contribution in [-0.2, 0) is 17.7 Å². The van der Waals surface area contributed by atoms with Gasteiger partial charge < -0.3 is 14.6 Å². The number of ether oxygens (including phenoxy) is 1. The number of rotatable bonds is 5. The lowest BCUT2D eigenvalue weighted by atomic mass is 10.0. The van der Waals surface area contributed by atoms with Crippen molar-refractivity contribution in [2.24, 2.45) is 0 Å². The predicted octanol–water partition coefficient (Wildman–Crippen LogP) is 3.15. The van der Waals surface area contributed by atoms with Gasteiger partial charge in [0.05, 0.1) is 12.6 Å². The summed E-state index contributed by atoms with van der Waals surface area (Å²) in [4.78, 5) is 18.7. The maximum atomic E-state index is 13.4. The van der Waals surface area contributed by atoms with Crippen LogP contribution in [0.3, 0.4) is 0 Å². The van der Waals surface area contributed by atoms with Gasteiger partial charge in [-0.25, -0.2) is 4.68 Å². The average molecular weight is 443 g/mol. The predicted molar refractivity (Wildman–Crippen MR) is 125 cm³/mol. The second-order valence-corrected chi connectivity index (χ2v) is 8.97. The first-order chi connectivity index (χ1) is 16.2. The first kappa shape index (κ1) is 20.1. The summed E-state index contributed by atoms with van der Waals surface area (Å²) in [6.45, 7) is 4.20. The number of hydrogen-bond acceptors (Lipinski definition) is 6. The third-order valence-electron chi connectivity index (χ3n) is 6.76. The fraction of sp³-hybridized carbons (Fsp3) is 0.360. The normalized spacial score (nSPS) is 18.7. The summed E-state index contributed by atoms with van der Waals surface area (Å²) in [6.07, 6.45) is 3.06. The van der Waals surface area contributed by atoms with E-state index in [1.807, 2.05) is 28.9 Å². The Morgan fingerprint density at radius 1 is 1.21 bits per heavy atom. The Hall–Kier alpha value is -3.52. The van der Waals surface area contributed by atoms with Gasteiger partial charge in [0.1, 0.15) is 6.04 Å². The van der Waals surface area contributed by atoms with E-state index in [4.69, 9.17) is 4.74 Å². The molecule has 0 saturated carbocycles. The van der Waals surface area contributed by atoms with Gasteiger partial charge in [-0.3, -0.25) is 4.79 Å². The molecule has 2 atom stereocenters. The Balaban J connectivity index is 1.51. The van der Waals surface area contributed by atoms with E-state index in [1.54, 1.807) is 0 Å². The Morgan fingerprint density at radius 2 is 2.12 bits per heavy atom. The molecular weight excluding hydrogens is 416 g/mol. The van der Waals surface area contributed by atoms with E-state index in [0.29, 0.717) is 17.9 Å². The second kappa shape index (κ2) is 8.12. The number of hydrogen-bond donors (Lipinski definition) is 1. The third-order valence-corrected chi connectivity index (χ3v) is 6.76. The summed E-state index contributed by atoms with van der Waals surface area (Å²) in [5.41, 5.74) is 4.90. The van der Waals surface area contributed by atoms with Crippen molar-refractivity contribution < 1.29 is 4.74 Å². The van der Waals surface area contributed by atoms with Gasteiger partial charge in [0.25, 0.3) is 5.56 Å². The van der Waals surface area contributed by atoms with Gasteiger partial charge in [-0.15, -0.1) is 5.10 Å². The van der Waals surface area contributed by atoms with E-state index in [2.05, 4.69) is 56.6 Å². The van der Waals surface area contributed by atoms with Crippen LogP contribution >= 0.6 is 0 Å². The Morgan fingerprint density at radius 3 is 3.00 bits per heavy atom. The zero-order valence-corrected chi connectivity index (χ0v) is 18.6. The minimum absolute atomic E-state index is 0.0938. The molecule has 2 aromatic carbocycles. The highest BCUT2D eigenvalue weighted by atomic mass is 16.5. The number of nitrogens with one attached hydrogen (secondary N) is 1. The van der Waals surface area contributed by atoms with Crippen LogP contribution in [0.25, 0.3) is 10.9 Å². The lowest BCUT2D eigenvalue weighted by Crippen LogP contribution is -2.35. The number of para-hydroxylation sites is 1. The minimum atomic E-state index is -0.404. The summed E-state index contributed by atoms with van der Waals surface area (Å²) in [7, 11) is 0. The maximum Gasteiger partial charge on any atom is 0.254 e. The van der Waals surface area contributed by atoms with E-state index >= 15 is 0 Å². The van der Waals surface area contributed by atoms with Crippen LogP contribution in [0.4, 0.5) is 5.69 Å². The average Bonchev–Trinajstić information content (AvgIpc) is 3.58. The number of aryl methyl sites for hydroxylation is 1. The van der Waals surface area contributed by atoms with E-state index in [1.165, 1.54) is 5.56 Å². The molecule has 0 bridgehead atoms. The Labute approximate surface area is 191 Å². The minimum Gasteiger partial charge on any atom is -0.376 e. The number of nitrogens with zero attached hydrogens (tertiary/aromatic N) is 5. The zero-order valence-electron chi connectivity index (χ0n) is 18.6. The van der Waals surface area contributed by atoms with Crippen molar-refractivity contribution in [2.75, 3.05) is 18.1 Å². The molecule has 168 valence electrons. The van der Waals surface area contributed by atoms with Crippen molar-refractivity contribution in [3.63, 3.8) is 0 Å². The molecule has 0 aliphatic carbocycles. The molecule has 0 spiro atoms. The molecule has 0 radical (unpaired) electrons. The van der Waals surface area contributed by atoms with Gasteiger partial charge in [0.15, 0.2) is 5.82 Å². The molecule has 1 N–H and O–H groups in total. The highest BCUT2D eigenvalue weighted by Crippen LogP contribution is 2.37. The van der Waals surface area contributed by atoms with Crippen LogP contribution in [0.5, 0.6) is 0 Å². The van der Waals surface area contributed by atoms with E-state index in [0.717, 1.165) is 54.6 Å². The van der Waals surface area contributed by atoms with E-state index in [-0.39, 0.29) is 11.7 Å². The standard InChI is InChI=1S/C25H26N6O2/c1-16-8-9-21-18(13-16)14-20(25(32)26-21)23(30-11-10-17-5-2-3-7-22(17)30)24-27-28-29-31(24)15-19-6-4-12-33-19/h2-3,5,7-9,13-14,19,23H,4,6,10-12,15H2,1H3,(H,26,32)/t19-,23+/m1/s1. The van der Waals surface area contributed by atoms with Gasteiger partial charge >= 0.3 is 0 Å². The third kappa shape index (κ3) is 3.60. The molecule has 2 aliphatic rings. The highest BCUT2D eigenvalue weighted by Gasteiger charge is 2.34. The fourth-order valence-corrected chi connectivity index (χ4v) is 5.14. The van der Waals surface area contributed by atoms with Gasteiger partial charge in [-0.05, 0) is 71.8 Å². The topological polar surface area (TPSA) is 88.9 Å². The summed E-state index contributed by atoms with van der Waals surface area (Å²) in [5, 5.41) is 13.8. The number of benzene rings is 2. The summed E-state index contributed by atoms with van der Waals surface area (Å²) in [6, 6.07) is 16.0. The number of pyridine rings is 1. The monoisotopic (exact) mass is 442 g/mol. The van der Waals surface area contributed by atoms with Crippen LogP contribution in [0.2, 0.25) is 0 Å². The molecular formula is C25H26N6O2. The molecule has 4 aromatic rings. The molecule has 1 saturated heterocycles. The van der Waals surface area contributed by atoms with Crippen molar-refractivity contribution in [1.29, 1.82) is 0 Å². The number of aromatic nitrogens is 5. The summed E-state index contributed by atoms with van der Waals surface area (Å²) >= 11 is 0. The molecule has 33 heavy (non-hydrogen) atoms. The molecule has 1 fully saturated rings. The van der Waals surface area contributed by atoms with Crippen molar-refractivity contribution in [1.82, 2.24) is 25.2 Å². The molecule has 0 amide bonds. The molecule has 2 aliphatic heterocycles. The quantitative estimate of drug-likeness (QED) is 0.511. The molecule has 0 unspecified atom stereocenters.